The molecule has 0 heterocycles. The second-order valence-corrected chi connectivity index (χ2v) is 5.30. The number of nitrogens with zero attached hydrogens (tertiary/aromatic N) is 1. The Balaban J connectivity index is 2.57. The van der Waals surface area contributed by atoms with E-state index in [0.717, 1.165) is 19.3 Å². The predicted octanol–water partition coefficient (Wildman–Crippen LogP) is 1.22. The number of aliphatic carboxylic acids is 1. The Morgan fingerprint density at radius 3 is 2.52 bits per heavy atom. The molecule has 0 aliphatic heterocycles. The first-order chi connectivity index (χ1) is 9.95. The number of ether oxygens (including phenoxy) is 1. The highest BCUT2D eigenvalue weighted by molar-refractivity contribution is 5.81. The van der Waals surface area contributed by atoms with Crippen molar-refractivity contribution in [2.75, 3.05) is 20.2 Å². The highest BCUT2D eigenvalue weighted by Crippen LogP contribution is 2.24. The number of rotatable bonds is 5. The maximum absolute atomic E-state index is 12.0. The fraction of sp³-hybridized carbons (Fsp3) is 0.786. The lowest BCUT2D eigenvalue weighted by Crippen LogP contribution is -2.49. The maximum Gasteiger partial charge on any atom is 0.325 e. The van der Waals surface area contributed by atoms with E-state index in [0.29, 0.717) is 12.8 Å². The minimum absolute atomic E-state index is 0.149. The highest BCUT2D eigenvalue weighted by atomic mass is 16.5. The number of carbonyl (C=O) groups excluding carboxylic acids is 2. The van der Waals surface area contributed by atoms with Crippen LogP contribution in [0, 0.1) is 5.92 Å². The van der Waals surface area contributed by atoms with E-state index in [4.69, 9.17) is 4.74 Å². The summed E-state index contributed by atoms with van der Waals surface area (Å²) >= 11 is 0. The Morgan fingerprint density at radius 1 is 1.24 bits per heavy atom. The number of carboxylic acid groups (broad SMARTS) is 1. The van der Waals surface area contributed by atoms with E-state index in [9.17, 15) is 19.5 Å². The van der Waals surface area contributed by atoms with Crippen molar-refractivity contribution in [3.05, 3.63) is 0 Å². The number of urea groups is 1. The zero-order chi connectivity index (χ0) is 15.8. The summed E-state index contributed by atoms with van der Waals surface area (Å²) in [7, 11) is 1.48. The largest absolute Gasteiger partial charge is 0.481 e. The van der Waals surface area contributed by atoms with Crippen LogP contribution in [-0.2, 0) is 14.3 Å². The van der Waals surface area contributed by atoms with Crippen molar-refractivity contribution in [2.24, 2.45) is 5.92 Å². The van der Waals surface area contributed by atoms with Crippen molar-refractivity contribution in [1.82, 2.24) is 10.2 Å². The van der Waals surface area contributed by atoms with Gasteiger partial charge in [-0.3, -0.25) is 9.59 Å². The van der Waals surface area contributed by atoms with E-state index >= 15 is 0 Å². The standard InChI is InChI=1S/C14H24N2O5/c1-3-21-12(17)9-16(2)14(20)15-11-8-6-4-5-7-10(11)13(18)19/h10-11H,3-9H2,1-2H3,(H,15,20)(H,18,19). The van der Waals surface area contributed by atoms with E-state index in [2.05, 4.69) is 5.32 Å². The van der Waals surface area contributed by atoms with Crippen molar-refractivity contribution >= 4 is 18.0 Å². The molecule has 7 heteroatoms. The molecule has 1 rings (SSSR count). The summed E-state index contributed by atoms with van der Waals surface area (Å²) in [4.78, 5) is 35.9. The normalized spacial score (nSPS) is 22.0. The number of carboxylic acids is 1. The third-order valence-corrected chi connectivity index (χ3v) is 3.66. The summed E-state index contributed by atoms with van der Waals surface area (Å²) in [6.45, 7) is 1.81. The third kappa shape index (κ3) is 5.61. The molecule has 0 radical (unpaired) electrons. The van der Waals surface area contributed by atoms with Crippen LogP contribution in [-0.4, -0.2) is 54.2 Å². The summed E-state index contributed by atoms with van der Waals surface area (Å²) < 4.78 is 4.78. The predicted molar refractivity (Wildman–Crippen MR) is 75.8 cm³/mol. The number of likely N-dealkylation sites (N-methyl/N-ethyl adjacent to an activating group) is 1. The van der Waals surface area contributed by atoms with Gasteiger partial charge in [-0.25, -0.2) is 4.79 Å². The minimum atomic E-state index is -0.879. The number of carbonyl (C=O) groups is 3. The fourth-order valence-electron chi connectivity index (χ4n) is 2.52. The molecule has 2 unspecified atom stereocenters. The third-order valence-electron chi connectivity index (χ3n) is 3.66. The number of amides is 2. The van der Waals surface area contributed by atoms with Crippen LogP contribution < -0.4 is 5.32 Å². The highest BCUT2D eigenvalue weighted by Gasteiger charge is 2.31. The second kappa shape index (κ2) is 8.49. The number of hydrogen-bond donors (Lipinski definition) is 2. The lowest BCUT2D eigenvalue weighted by Gasteiger charge is -2.26. The van der Waals surface area contributed by atoms with E-state index < -0.39 is 23.9 Å². The quantitative estimate of drug-likeness (QED) is 0.588. The molecule has 1 aliphatic carbocycles. The van der Waals surface area contributed by atoms with Crippen molar-refractivity contribution in [2.45, 2.75) is 45.1 Å². The number of nitrogens with one attached hydrogen (secondary N) is 1. The number of hydrogen-bond acceptors (Lipinski definition) is 4. The zero-order valence-electron chi connectivity index (χ0n) is 12.6. The molecule has 7 nitrogen and oxygen atoms in total. The molecule has 21 heavy (non-hydrogen) atoms. The van der Waals surface area contributed by atoms with Gasteiger partial charge in [-0.1, -0.05) is 19.3 Å². The molecule has 0 saturated heterocycles. The molecule has 2 atom stereocenters. The zero-order valence-corrected chi connectivity index (χ0v) is 12.6. The van der Waals surface area contributed by atoms with Crippen molar-refractivity contribution in [3.63, 3.8) is 0 Å². The molecule has 2 amide bonds. The first kappa shape index (κ1) is 17.3. The average molecular weight is 300 g/mol. The Kier molecular flexibility index (Phi) is 6.98. The Hall–Kier alpha value is -1.79. The van der Waals surface area contributed by atoms with Gasteiger partial charge in [0.25, 0.3) is 0 Å². The summed E-state index contributed by atoms with van der Waals surface area (Å²) in [5.41, 5.74) is 0. The summed E-state index contributed by atoms with van der Waals surface area (Å²) in [6, 6.07) is -0.830. The van der Waals surface area contributed by atoms with Gasteiger partial charge in [-0.2, -0.15) is 0 Å². The topological polar surface area (TPSA) is 95.9 Å². The first-order valence-electron chi connectivity index (χ1n) is 7.35. The van der Waals surface area contributed by atoms with Crippen LogP contribution >= 0.6 is 0 Å². The van der Waals surface area contributed by atoms with Crippen LogP contribution in [0.2, 0.25) is 0 Å². The van der Waals surface area contributed by atoms with Crippen LogP contribution in [0.1, 0.15) is 39.0 Å². The monoisotopic (exact) mass is 300 g/mol. The summed E-state index contributed by atoms with van der Waals surface area (Å²) in [5, 5.41) is 12.0. The Morgan fingerprint density at radius 2 is 1.90 bits per heavy atom. The molecule has 120 valence electrons. The van der Waals surface area contributed by atoms with Crippen LogP contribution in [0.25, 0.3) is 0 Å². The van der Waals surface area contributed by atoms with Gasteiger partial charge in [-0.05, 0) is 19.8 Å². The van der Waals surface area contributed by atoms with E-state index in [1.54, 1.807) is 6.92 Å². The van der Waals surface area contributed by atoms with Crippen molar-refractivity contribution < 1.29 is 24.2 Å². The van der Waals surface area contributed by atoms with Gasteiger partial charge in [-0.15, -0.1) is 0 Å². The van der Waals surface area contributed by atoms with Crippen molar-refractivity contribution in [1.29, 1.82) is 0 Å². The van der Waals surface area contributed by atoms with E-state index in [1.807, 2.05) is 0 Å². The molecular formula is C14H24N2O5. The fourth-order valence-corrected chi connectivity index (χ4v) is 2.52. The molecular weight excluding hydrogens is 276 g/mol. The van der Waals surface area contributed by atoms with E-state index in [-0.39, 0.29) is 19.2 Å². The summed E-state index contributed by atoms with van der Waals surface area (Å²) in [6.07, 6.45) is 3.96. The molecule has 1 aliphatic rings. The van der Waals surface area contributed by atoms with Crippen LogP contribution in [0.15, 0.2) is 0 Å². The van der Waals surface area contributed by atoms with Gasteiger partial charge in [0.1, 0.15) is 6.54 Å². The van der Waals surface area contributed by atoms with Crippen LogP contribution in [0.4, 0.5) is 4.79 Å². The van der Waals surface area contributed by atoms with Crippen LogP contribution in [0.3, 0.4) is 0 Å². The molecule has 0 spiro atoms. The Bertz CT molecular complexity index is 386. The Labute approximate surface area is 124 Å². The molecule has 0 aromatic carbocycles. The van der Waals surface area contributed by atoms with Crippen LogP contribution in [0.5, 0.6) is 0 Å². The number of esters is 1. The van der Waals surface area contributed by atoms with Gasteiger partial charge in [0.15, 0.2) is 0 Å². The lowest BCUT2D eigenvalue weighted by atomic mass is 9.95. The first-order valence-corrected chi connectivity index (χ1v) is 7.35. The molecule has 0 aromatic rings. The average Bonchev–Trinajstić information content (AvgIpc) is 2.64. The van der Waals surface area contributed by atoms with Gasteiger partial charge >= 0.3 is 18.0 Å². The van der Waals surface area contributed by atoms with E-state index in [1.165, 1.54) is 11.9 Å². The second-order valence-electron chi connectivity index (χ2n) is 5.30. The molecule has 1 fully saturated rings. The molecule has 1 saturated carbocycles. The van der Waals surface area contributed by atoms with Gasteiger partial charge in [0.05, 0.1) is 12.5 Å². The SMILES string of the molecule is CCOC(=O)CN(C)C(=O)NC1CCCCCC1C(=O)O. The van der Waals surface area contributed by atoms with Gasteiger partial charge in [0, 0.05) is 13.1 Å². The maximum atomic E-state index is 12.0. The molecule has 0 aromatic heterocycles. The molecule has 2 N–H and O–H groups in total. The van der Waals surface area contributed by atoms with Gasteiger partial charge in [0.2, 0.25) is 0 Å². The van der Waals surface area contributed by atoms with Crippen molar-refractivity contribution in [3.8, 4) is 0 Å². The summed E-state index contributed by atoms with van der Waals surface area (Å²) in [5.74, 6) is -1.92. The smallest absolute Gasteiger partial charge is 0.325 e. The molecule has 0 bridgehead atoms. The lowest BCUT2D eigenvalue weighted by molar-refractivity contribution is -0.144. The van der Waals surface area contributed by atoms with Gasteiger partial charge < -0.3 is 20.1 Å². The minimum Gasteiger partial charge on any atom is -0.481 e.